The van der Waals surface area contributed by atoms with Crippen LogP contribution in [0.5, 0.6) is 0 Å². The van der Waals surface area contributed by atoms with E-state index in [1.165, 1.54) is 0 Å². The number of carbonyl (C=O) groups is 3. The van der Waals surface area contributed by atoms with Crippen molar-refractivity contribution < 1.29 is 19.1 Å². The first-order valence-electron chi connectivity index (χ1n) is 9.07. The largest absolute Gasteiger partial charge is 0.444 e. The number of ether oxygens (including phenoxy) is 1. The number of nitrogens with one attached hydrogen (secondary N) is 3. The number of hydrogen-bond donors (Lipinski definition) is 3. The van der Waals surface area contributed by atoms with Crippen LogP contribution in [-0.4, -0.2) is 30.1 Å². The van der Waals surface area contributed by atoms with E-state index in [9.17, 15) is 14.4 Å². The van der Waals surface area contributed by atoms with Gasteiger partial charge in [-0.05, 0) is 51.1 Å². The van der Waals surface area contributed by atoms with Crippen LogP contribution in [-0.2, 0) is 9.53 Å². The summed E-state index contributed by atoms with van der Waals surface area (Å²) in [4.78, 5) is 36.0. The highest BCUT2D eigenvalue weighted by Gasteiger charge is 2.16. The van der Waals surface area contributed by atoms with Gasteiger partial charge in [-0.1, -0.05) is 29.8 Å². The minimum Gasteiger partial charge on any atom is -0.444 e. The third kappa shape index (κ3) is 7.83. The Morgan fingerprint density at radius 3 is 2.28 bits per heavy atom. The van der Waals surface area contributed by atoms with Gasteiger partial charge >= 0.3 is 6.09 Å². The quantitative estimate of drug-likeness (QED) is 0.647. The maximum absolute atomic E-state index is 12.3. The summed E-state index contributed by atoms with van der Waals surface area (Å²) in [5, 5.41) is 8.34. The van der Waals surface area contributed by atoms with Gasteiger partial charge in [0.25, 0.3) is 5.91 Å². The van der Waals surface area contributed by atoms with Crippen LogP contribution >= 0.6 is 11.6 Å². The summed E-state index contributed by atoms with van der Waals surface area (Å²) in [6.07, 6.45) is -0.496. The van der Waals surface area contributed by atoms with E-state index >= 15 is 0 Å². The fourth-order valence-corrected chi connectivity index (χ4v) is 2.56. The Bertz CT molecular complexity index is 893. The smallest absolute Gasteiger partial charge is 0.407 e. The number of halogens is 1. The summed E-state index contributed by atoms with van der Waals surface area (Å²) in [6.45, 7) is 5.42. The van der Waals surface area contributed by atoms with E-state index in [-0.39, 0.29) is 24.8 Å². The molecule has 0 spiro atoms. The van der Waals surface area contributed by atoms with Gasteiger partial charge < -0.3 is 20.7 Å². The average molecular weight is 418 g/mol. The molecule has 2 aromatic rings. The molecule has 0 heterocycles. The molecule has 0 unspecified atom stereocenters. The topological polar surface area (TPSA) is 96.5 Å². The molecule has 0 aliphatic carbocycles. The van der Waals surface area contributed by atoms with Crippen molar-refractivity contribution >= 4 is 40.9 Å². The lowest BCUT2D eigenvalue weighted by Gasteiger charge is -2.19. The molecule has 2 aromatic carbocycles. The van der Waals surface area contributed by atoms with Crippen LogP contribution in [0.1, 0.15) is 37.6 Å². The van der Waals surface area contributed by atoms with E-state index in [0.29, 0.717) is 22.0 Å². The zero-order valence-electron chi connectivity index (χ0n) is 16.5. The van der Waals surface area contributed by atoms with Crippen LogP contribution in [0.3, 0.4) is 0 Å². The van der Waals surface area contributed by atoms with Crippen LogP contribution in [0, 0.1) is 0 Å². The maximum Gasteiger partial charge on any atom is 0.407 e. The first-order chi connectivity index (χ1) is 13.6. The molecule has 7 nitrogen and oxygen atoms in total. The number of carbonyl (C=O) groups excluding carboxylic acids is 3. The SMILES string of the molecule is CC(C)(C)OC(=O)NCCC(=O)Nc1cccc(NC(=O)c2ccccc2Cl)c1. The molecule has 2 rings (SSSR count). The molecule has 0 fully saturated rings. The van der Waals surface area contributed by atoms with E-state index in [1.807, 2.05) is 0 Å². The van der Waals surface area contributed by atoms with Gasteiger partial charge in [0, 0.05) is 24.3 Å². The second-order valence-electron chi connectivity index (χ2n) is 7.24. The van der Waals surface area contributed by atoms with Crippen LogP contribution in [0.4, 0.5) is 16.2 Å². The highest BCUT2D eigenvalue weighted by molar-refractivity contribution is 6.34. The fourth-order valence-electron chi connectivity index (χ4n) is 2.33. The predicted molar refractivity (Wildman–Crippen MR) is 113 cm³/mol. The Morgan fingerprint density at radius 2 is 1.62 bits per heavy atom. The summed E-state index contributed by atoms with van der Waals surface area (Å²) < 4.78 is 5.10. The standard InChI is InChI=1S/C21H24ClN3O4/c1-21(2,3)29-20(28)23-12-11-18(26)24-14-7-6-8-15(13-14)25-19(27)16-9-4-5-10-17(16)22/h4-10,13H,11-12H2,1-3H3,(H,23,28)(H,24,26)(H,25,27). The molecule has 3 N–H and O–H groups in total. The molecule has 154 valence electrons. The molecule has 0 saturated heterocycles. The normalized spacial score (nSPS) is 10.8. The number of amides is 3. The summed E-state index contributed by atoms with van der Waals surface area (Å²) in [5.41, 5.74) is 0.793. The Morgan fingerprint density at radius 1 is 0.966 bits per heavy atom. The summed E-state index contributed by atoms with van der Waals surface area (Å²) in [6, 6.07) is 13.5. The van der Waals surface area contributed by atoms with Crippen molar-refractivity contribution in [1.29, 1.82) is 0 Å². The first kappa shape index (κ1) is 22.2. The van der Waals surface area contributed by atoms with Crippen molar-refractivity contribution in [2.45, 2.75) is 32.8 Å². The zero-order valence-corrected chi connectivity index (χ0v) is 17.3. The molecule has 0 radical (unpaired) electrons. The van der Waals surface area contributed by atoms with E-state index < -0.39 is 11.7 Å². The molecule has 0 saturated carbocycles. The van der Waals surface area contributed by atoms with Crippen molar-refractivity contribution in [1.82, 2.24) is 5.32 Å². The molecule has 0 aromatic heterocycles. The van der Waals surface area contributed by atoms with Crippen molar-refractivity contribution in [3.63, 3.8) is 0 Å². The first-order valence-corrected chi connectivity index (χ1v) is 9.44. The fraction of sp³-hybridized carbons (Fsp3) is 0.286. The lowest BCUT2D eigenvalue weighted by Crippen LogP contribution is -2.34. The van der Waals surface area contributed by atoms with Crippen molar-refractivity contribution in [2.75, 3.05) is 17.2 Å². The Balaban J connectivity index is 1.86. The number of hydrogen-bond acceptors (Lipinski definition) is 4. The van der Waals surface area contributed by atoms with E-state index in [4.69, 9.17) is 16.3 Å². The monoisotopic (exact) mass is 417 g/mol. The molecule has 3 amide bonds. The second kappa shape index (κ2) is 9.93. The minimum atomic E-state index is -0.596. The van der Waals surface area contributed by atoms with Gasteiger partial charge in [0.1, 0.15) is 5.60 Å². The number of benzene rings is 2. The molecule has 0 atom stereocenters. The van der Waals surface area contributed by atoms with Gasteiger partial charge in [0.05, 0.1) is 10.6 Å². The van der Waals surface area contributed by atoms with Crippen LogP contribution in [0.15, 0.2) is 48.5 Å². The van der Waals surface area contributed by atoms with Gasteiger partial charge in [0.15, 0.2) is 0 Å². The summed E-state index contributed by atoms with van der Waals surface area (Å²) in [7, 11) is 0. The lowest BCUT2D eigenvalue weighted by molar-refractivity contribution is -0.116. The van der Waals surface area contributed by atoms with Gasteiger partial charge in [-0.3, -0.25) is 9.59 Å². The van der Waals surface area contributed by atoms with Crippen LogP contribution < -0.4 is 16.0 Å². The average Bonchev–Trinajstić information content (AvgIpc) is 2.60. The second-order valence-corrected chi connectivity index (χ2v) is 7.65. The van der Waals surface area contributed by atoms with Crippen molar-refractivity contribution in [3.05, 3.63) is 59.1 Å². The molecule has 0 bridgehead atoms. The van der Waals surface area contributed by atoms with Gasteiger partial charge in [-0.2, -0.15) is 0 Å². The Labute approximate surface area is 174 Å². The third-order valence-corrected chi connectivity index (χ3v) is 3.87. The number of alkyl carbamates (subject to hydrolysis) is 1. The Hall–Kier alpha value is -3.06. The molecule has 0 aliphatic heterocycles. The van der Waals surface area contributed by atoms with Gasteiger partial charge in [-0.15, -0.1) is 0 Å². The predicted octanol–water partition coefficient (Wildman–Crippen LogP) is 4.45. The van der Waals surface area contributed by atoms with E-state index in [2.05, 4.69) is 16.0 Å². The van der Waals surface area contributed by atoms with Gasteiger partial charge in [0.2, 0.25) is 5.91 Å². The maximum atomic E-state index is 12.3. The Kier molecular flexibility index (Phi) is 7.61. The van der Waals surface area contributed by atoms with Gasteiger partial charge in [-0.25, -0.2) is 4.79 Å². The molecular weight excluding hydrogens is 394 g/mol. The highest BCUT2D eigenvalue weighted by Crippen LogP contribution is 2.19. The molecule has 29 heavy (non-hydrogen) atoms. The molecular formula is C21H24ClN3O4. The highest BCUT2D eigenvalue weighted by atomic mass is 35.5. The van der Waals surface area contributed by atoms with Crippen molar-refractivity contribution in [3.8, 4) is 0 Å². The summed E-state index contributed by atoms with van der Waals surface area (Å²) >= 11 is 6.03. The van der Waals surface area contributed by atoms with Crippen LogP contribution in [0.25, 0.3) is 0 Å². The lowest BCUT2D eigenvalue weighted by atomic mass is 10.2. The van der Waals surface area contributed by atoms with Crippen molar-refractivity contribution in [2.24, 2.45) is 0 Å². The zero-order chi connectivity index (χ0) is 21.4. The summed E-state index contributed by atoms with van der Waals surface area (Å²) in [5.74, 6) is -0.628. The molecule has 0 aliphatic rings. The minimum absolute atomic E-state index is 0.0788. The number of anilines is 2. The molecule has 8 heteroatoms. The third-order valence-electron chi connectivity index (χ3n) is 3.54. The van der Waals surface area contributed by atoms with E-state index in [1.54, 1.807) is 69.3 Å². The van der Waals surface area contributed by atoms with E-state index in [0.717, 1.165) is 0 Å². The number of rotatable bonds is 6. The van der Waals surface area contributed by atoms with Crippen LogP contribution in [0.2, 0.25) is 5.02 Å².